The number of rotatable bonds is 10. The SMILES string of the molecule is COCOc1ccc(F)cc1C(Br)C(=O)OC.COCOc1ccc(F)cc1CC(=O)OC. The van der Waals surface area contributed by atoms with Gasteiger partial charge in [-0.1, -0.05) is 15.9 Å². The molecular formula is C22H25BrF2O8. The average molecular weight is 535 g/mol. The van der Waals surface area contributed by atoms with E-state index >= 15 is 0 Å². The van der Waals surface area contributed by atoms with Gasteiger partial charge in [-0.15, -0.1) is 0 Å². The predicted octanol–water partition coefficient (Wildman–Crippen LogP) is 3.94. The maximum absolute atomic E-state index is 13.1. The number of esters is 2. The smallest absolute Gasteiger partial charge is 0.324 e. The quantitative estimate of drug-likeness (QED) is 0.257. The number of alkyl halides is 1. The molecule has 0 bridgehead atoms. The summed E-state index contributed by atoms with van der Waals surface area (Å²) in [5.41, 5.74) is 0.790. The summed E-state index contributed by atoms with van der Waals surface area (Å²) >= 11 is 3.13. The molecule has 0 fully saturated rings. The topological polar surface area (TPSA) is 89.5 Å². The zero-order valence-corrected chi connectivity index (χ0v) is 20.1. The molecule has 0 aliphatic heterocycles. The summed E-state index contributed by atoms with van der Waals surface area (Å²) in [6.45, 7) is 0.0549. The molecule has 0 N–H and O–H groups in total. The molecular weight excluding hydrogens is 510 g/mol. The Bertz CT molecular complexity index is 910. The van der Waals surface area contributed by atoms with Crippen molar-refractivity contribution >= 4 is 27.9 Å². The van der Waals surface area contributed by atoms with Crippen molar-refractivity contribution in [3.8, 4) is 11.5 Å². The Morgan fingerprint density at radius 2 is 1.39 bits per heavy atom. The summed E-state index contributed by atoms with van der Waals surface area (Å²) in [6, 6.07) is 7.83. The average Bonchev–Trinajstić information content (AvgIpc) is 2.82. The molecule has 2 rings (SSSR count). The van der Waals surface area contributed by atoms with Crippen molar-refractivity contribution in [1.82, 2.24) is 0 Å². The normalized spacial score (nSPS) is 11.0. The molecule has 0 aromatic heterocycles. The molecule has 182 valence electrons. The van der Waals surface area contributed by atoms with Crippen molar-refractivity contribution in [2.45, 2.75) is 11.2 Å². The maximum atomic E-state index is 13.1. The second kappa shape index (κ2) is 15.1. The third-order valence-electron chi connectivity index (χ3n) is 3.90. The second-order valence-corrected chi connectivity index (χ2v) is 7.09. The van der Waals surface area contributed by atoms with Crippen LogP contribution >= 0.6 is 15.9 Å². The van der Waals surface area contributed by atoms with E-state index in [9.17, 15) is 18.4 Å². The van der Waals surface area contributed by atoms with Gasteiger partial charge in [-0.05, 0) is 36.4 Å². The van der Waals surface area contributed by atoms with Gasteiger partial charge in [0.1, 0.15) is 28.0 Å². The standard InChI is InChI=1S/C11H12BrFO4.C11H13FO4/c1-15-6-17-9-4-3-7(13)5-8(9)10(12)11(14)16-2;1-14-7-16-10-4-3-9(12)5-8(10)6-11(13)15-2/h3-5,10H,6H2,1-2H3;3-5H,6-7H2,1-2H3. The molecule has 11 heteroatoms. The van der Waals surface area contributed by atoms with E-state index in [1.807, 2.05) is 0 Å². The highest BCUT2D eigenvalue weighted by atomic mass is 79.9. The molecule has 2 aromatic carbocycles. The zero-order valence-electron chi connectivity index (χ0n) is 18.6. The Morgan fingerprint density at radius 3 is 1.94 bits per heavy atom. The summed E-state index contributed by atoms with van der Waals surface area (Å²) in [5.74, 6) is -1.10. The summed E-state index contributed by atoms with van der Waals surface area (Å²) in [5, 5.41) is 0. The van der Waals surface area contributed by atoms with E-state index in [0.717, 1.165) is 0 Å². The van der Waals surface area contributed by atoms with Crippen LogP contribution in [-0.2, 0) is 35.0 Å². The molecule has 2 aromatic rings. The molecule has 8 nitrogen and oxygen atoms in total. The predicted molar refractivity (Wildman–Crippen MR) is 117 cm³/mol. The van der Waals surface area contributed by atoms with Crippen LogP contribution in [0.3, 0.4) is 0 Å². The fraction of sp³-hybridized carbons (Fsp3) is 0.364. The Labute approximate surface area is 198 Å². The third-order valence-corrected chi connectivity index (χ3v) is 4.77. The van der Waals surface area contributed by atoms with E-state index < -0.39 is 28.4 Å². The second-order valence-electron chi connectivity index (χ2n) is 6.17. The van der Waals surface area contributed by atoms with Crippen LogP contribution in [0.4, 0.5) is 8.78 Å². The molecule has 0 aliphatic carbocycles. The maximum Gasteiger partial charge on any atom is 0.324 e. The van der Waals surface area contributed by atoms with Gasteiger partial charge >= 0.3 is 11.9 Å². The van der Waals surface area contributed by atoms with E-state index in [0.29, 0.717) is 22.6 Å². The fourth-order valence-electron chi connectivity index (χ4n) is 2.38. The van der Waals surface area contributed by atoms with Crippen molar-refractivity contribution in [2.75, 3.05) is 42.0 Å². The first kappa shape index (κ1) is 28.3. The minimum absolute atomic E-state index is 0.0134. The van der Waals surface area contributed by atoms with Gasteiger partial charge in [0.15, 0.2) is 13.6 Å². The summed E-state index contributed by atoms with van der Waals surface area (Å²) in [7, 11) is 5.47. The van der Waals surface area contributed by atoms with Crippen molar-refractivity contribution in [2.24, 2.45) is 0 Å². The van der Waals surface area contributed by atoms with Crippen LogP contribution in [0, 0.1) is 11.6 Å². The molecule has 0 radical (unpaired) electrons. The number of hydrogen-bond acceptors (Lipinski definition) is 8. The molecule has 1 unspecified atom stereocenters. The van der Waals surface area contributed by atoms with Crippen LogP contribution in [0.2, 0.25) is 0 Å². The first-order chi connectivity index (χ1) is 15.8. The van der Waals surface area contributed by atoms with Crippen LogP contribution in [0.25, 0.3) is 0 Å². The molecule has 0 heterocycles. The number of ether oxygens (including phenoxy) is 6. The Hall–Kier alpha value is -2.76. The van der Waals surface area contributed by atoms with Gasteiger partial charge in [0.2, 0.25) is 0 Å². The zero-order chi connectivity index (χ0) is 24.8. The summed E-state index contributed by atoms with van der Waals surface area (Å²) < 4.78 is 55.1. The highest BCUT2D eigenvalue weighted by molar-refractivity contribution is 9.09. The number of hydrogen-bond donors (Lipinski definition) is 0. The molecule has 1 atom stereocenters. The Morgan fingerprint density at radius 1 is 0.848 bits per heavy atom. The van der Waals surface area contributed by atoms with Gasteiger partial charge in [0, 0.05) is 25.3 Å². The first-order valence-corrected chi connectivity index (χ1v) is 10.3. The minimum Gasteiger partial charge on any atom is -0.469 e. The number of methoxy groups -OCH3 is 4. The lowest BCUT2D eigenvalue weighted by atomic mass is 10.1. The van der Waals surface area contributed by atoms with Gasteiger partial charge in [0.25, 0.3) is 0 Å². The largest absolute Gasteiger partial charge is 0.469 e. The van der Waals surface area contributed by atoms with Crippen molar-refractivity contribution < 1.29 is 46.8 Å². The monoisotopic (exact) mass is 534 g/mol. The van der Waals surface area contributed by atoms with Gasteiger partial charge < -0.3 is 28.4 Å². The van der Waals surface area contributed by atoms with Crippen LogP contribution < -0.4 is 9.47 Å². The third kappa shape index (κ3) is 9.72. The molecule has 33 heavy (non-hydrogen) atoms. The lowest BCUT2D eigenvalue weighted by molar-refractivity contribution is -0.140. The van der Waals surface area contributed by atoms with Gasteiger partial charge in [-0.3, -0.25) is 9.59 Å². The van der Waals surface area contributed by atoms with E-state index in [1.165, 1.54) is 64.8 Å². The van der Waals surface area contributed by atoms with Gasteiger partial charge in [-0.2, -0.15) is 0 Å². The highest BCUT2D eigenvalue weighted by Gasteiger charge is 2.22. The lowest BCUT2D eigenvalue weighted by Crippen LogP contribution is -2.11. The van der Waals surface area contributed by atoms with E-state index in [1.54, 1.807) is 0 Å². The fourth-order valence-corrected chi connectivity index (χ4v) is 2.92. The molecule has 0 amide bonds. The number of carbonyl (C=O) groups is 2. The van der Waals surface area contributed by atoms with Crippen molar-refractivity contribution in [3.63, 3.8) is 0 Å². The number of benzene rings is 2. The molecule has 0 saturated heterocycles. The van der Waals surface area contributed by atoms with Crippen LogP contribution in [-0.4, -0.2) is 54.0 Å². The minimum atomic E-state index is -0.782. The Balaban J connectivity index is 0.000000331. The van der Waals surface area contributed by atoms with Gasteiger partial charge in [-0.25, -0.2) is 8.78 Å². The van der Waals surface area contributed by atoms with E-state index in [2.05, 4.69) is 25.4 Å². The molecule has 0 aliphatic rings. The lowest BCUT2D eigenvalue weighted by Gasteiger charge is -2.14. The van der Waals surface area contributed by atoms with Gasteiger partial charge in [0.05, 0.1) is 20.6 Å². The van der Waals surface area contributed by atoms with Crippen molar-refractivity contribution in [1.29, 1.82) is 0 Å². The van der Waals surface area contributed by atoms with Crippen LogP contribution in [0.1, 0.15) is 16.0 Å². The van der Waals surface area contributed by atoms with Crippen molar-refractivity contribution in [3.05, 3.63) is 59.2 Å². The first-order valence-electron chi connectivity index (χ1n) is 9.37. The highest BCUT2D eigenvalue weighted by Crippen LogP contribution is 2.32. The number of carbonyl (C=O) groups excluding carboxylic acids is 2. The summed E-state index contributed by atoms with van der Waals surface area (Å²) in [6.07, 6.45) is -0.0344. The van der Waals surface area contributed by atoms with E-state index in [4.69, 9.17) is 18.9 Å². The molecule has 0 spiro atoms. The number of halogens is 3. The van der Waals surface area contributed by atoms with E-state index in [-0.39, 0.29) is 20.0 Å². The molecule has 0 saturated carbocycles. The van der Waals surface area contributed by atoms with Crippen LogP contribution in [0.15, 0.2) is 36.4 Å². The summed E-state index contributed by atoms with van der Waals surface area (Å²) in [4.78, 5) is 21.7. The van der Waals surface area contributed by atoms with Crippen LogP contribution in [0.5, 0.6) is 11.5 Å². The Kier molecular flexibility index (Phi) is 13.0.